The fourth-order valence-corrected chi connectivity index (χ4v) is 4.09. The summed E-state index contributed by atoms with van der Waals surface area (Å²) < 4.78 is 17.7. The van der Waals surface area contributed by atoms with Crippen molar-refractivity contribution < 1.29 is 8.95 Å². The highest BCUT2D eigenvalue weighted by molar-refractivity contribution is 7.85. The maximum atomic E-state index is 12.1. The van der Waals surface area contributed by atoms with Crippen molar-refractivity contribution in [2.45, 2.75) is 43.8 Å². The minimum Gasteiger partial charge on any atom is -0.493 e. The number of rotatable bonds is 6. The predicted molar refractivity (Wildman–Crippen MR) is 80.8 cm³/mol. The number of nitrogens with two attached hydrogens (primary N) is 1. The van der Waals surface area contributed by atoms with Gasteiger partial charge in [0.1, 0.15) is 5.75 Å². The Morgan fingerprint density at radius 2 is 2.05 bits per heavy atom. The normalized spacial score (nSPS) is 18.1. The Kier molecular flexibility index (Phi) is 5.70. The topological polar surface area (TPSA) is 52.3 Å². The van der Waals surface area contributed by atoms with Crippen molar-refractivity contribution in [3.63, 3.8) is 0 Å². The lowest BCUT2D eigenvalue weighted by atomic mass is 10.0. The molecule has 2 N–H and O–H groups in total. The van der Waals surface area contributed by atoms with Crippen molar-refractivity contribution in [1.82, 2.24) is 0 Å². The fourth-order valence-electron chi connectivity index (χ4n) is 2.49. The molecule has 1 atom stereocenters. The van der Waals surface area contributed by atoms with E-state index >= 15 is 0 Å². The van der Waals surface area contributed by atoms with Gasteiger partial charge in [-0.25, -0.2) is 0 Å². The summed E-state index contributed by atoms with van der Waals surface area (Å²) in [5.74, 6) is 1.55. The molecule has 1 aliphatic rings. The standard InChI is InChI=1S/C15H23NO2S/c16-13-6-4-7-14(12-13)18-10-5-11-19(17)15-8-2-1-3-9-15/h4,6-7,12,15H,1-3,5,8-11,16H2. The zero-order valence-corrected chi connectivity index (χ0v) is 12.2. The lowest BCUT2D eigenvalue weighted by molar-refractivity contribution is 0.318. The van der Waals surface area contributed by atoms with E-state index in [1.807, 2.05) is 24.3 Å². The number of anilines is 1. The SMILES string of the molecule is Nc1cccc(OCCCS(=O)C2CCCCC2)c1. The van der Waals surface area contributed by atoms with Gasteiger partial charge in [-0.2, -0.15) is 0 Å². The summed E-state index contributed by atoms with van der Waals surface area (Å²) in [6, 6.07) is 7.43. The zero-order valence-electron chi connectivity index (χ0n) is 11.3. The van der Waals surface area contributed by atoms with Crippen LogP contribution in [0.1, 0.15) is 38.5 Å². The summed E-state index contributed by atoms with van der Waals surface area (Å²) in [6.45, 7) is 0.613. The van der Waals surface area contributed by atoms with Crippen molar-refractivity contribution in [1.29, 1.82) is 0 Å². The first-order valence-corrected chi connectivity index (χ1v) is 8.49. The van der Waals surface area contributed by atoms with Crippen molar-refractivity contribution >= 4 is 16.5 Å². The van der Waals surface area contributed by atoms with Gasteiger partial charge >= 0.3 is 0 Å². The first-order valence-electron chi connectivity index (χ1n) is 7.11. The van der Waals surface area contributed by atoms with E-state index in [-0.39, 0.29) is 0 Å². The number of benzene rings is 1. The molecule has 19 heavy (non-hydrogen) atoms. The van der Waals surface area contributed by atoms with Gasteiger partial charge in [0, 0.05) is 33.6 Å². The van der Waals surface area contributed by atoms with Gasteiger partial charge < -0.3 is 10.5 Å². The molecule has 0 aromatic heterocycles. The summed E-state index contributed by atoms with van der Waals surface area (Å²) in [4.78, 5) is 0. The molecular formula is C15H23NO2S. The van der Waals surface area contributed by atoms with Gasteiger partial charge in [-0.1, -0.05) is 25.3 Å². The zero-order chi connectivity index (χ0) is 13.5. The summed E-state index contributed by atoms with van der Waals surface area (Å²) in [5, 5.41) is 0.432. The lowest BCUT2D eigenvalue weighted by Gasteiger charge is -2.20. The van der Waals surface area contributed by atoms with Crippen LogP contribution in [0.25, 0.3) is 0 Å². The molecule has 106 valence electrons. The molecule has 0 saturated heterocycles. The molecule has 0 amide bonds. The third kappa shape index (κ3) is 4.86. The molecule has 0 heterocycles. The van der Waals surface area contributed by atoms with Crippen LogP contribution >= 0.6 is 0 Å². The molecule has 4 heteroatoms. The highest BCUT2D eigenvalue weighted by Gasteiger charge is 2.19. The van der Waals surface area contributed by atoms with E-state index in [1.54, 1.807) is 0 Å². The molecule has 1 aromatic carbocycles. The van der Waals surface area contributed by atoms with Crippen LogP contribution in [0.15, 0.2) is 24.3 Å². The molecule has 1 unspecified atom stereocenters. The van der Waals surface area contributed by atoms with E-state index in [0.717, 1.165) is 30.8 Å². The van der Waals surface area contributed by atoms with Gasteiger partial charge in [0.25, 0.3) is 0 Å². The number of nitrogen functional groups attached to an aromatic ring is 1. The van der Waals surface area contributed by atoms with Crippen LogP contribution in [-0.4, -0.2) is 21.8 Å². The second kappa shape index (κ2) is 7.53. The number of hydrogen-bond donors (Lipinski definition) is 1. The summed E-state index contributed by atoms with van der Waals surface area (Å²) >= 11 is 0. The van der Waals surface area contributed by atoms with Crippen LogP contribution in [0.5, 0.6) is 5.75 Å². The van der Waals surface area contributed by atoms with Crippen LogP contribution < -0.4 is 10.5 Å². The molecule has 1 saturated carbocycles. The highest BCUT2D eigenvalue weighted by Crippen LogP contribution is 2.22. The monoisotopic (exact) mass is 281 g/mol. The Balaban J connectivity index is 1.65. The van der Waals surface area contributed by atoms with Crippen LogP contribution in [-0.2, 0) is 10.8 Å². The number of ether oxygens (including phenoxy) is 1. The summed E-state index contributed by atoms with van der Waals surface area (Å²) in [5.41, 5.74) is 6.39. The van der Waals surface area contributed by atoms with Crippen LogP contribution in [0, 0.1) is 0 Å². The molecule has 0 radical (unpaired) electrons. The molecule has 1 fully saturated rings. The fraction of sp³-hybridized carbons (Fsp3) is 0.600. The van der Waals surface area contributed by atoms with E-state index in [0.29, 0.717) is 17.5 Å². The van der Waals surface area contributed by atoms with Gasteiger partial charge in [0.2, 0.25) is 0 Å². The molecular weight excluding hydrogens is 258 g/mol. The molecule has 2 rings (SSSR count). The average Bonchev–Trinajstić information content (AvgIpc) is 2.44. The first-order chi connectivity index (χ1) is 9.25. The van der Waals surface area contributed by atoms with Crippen molar-refractivity contribution in [2.75, 3.05) is 18.1 Å². The van der Waals surface area contributed by atoms with E-state index in [2.05, 4.69) is 0 Å². The Hall–Kier alpha value is -1.03. The van der Waals surface area contributed by atoms with E-state index in [9.17, 15) is 4.21 Å². The molecule has 1 aliphatic carbocycles. The van der Waals surface area contributed by atoms with Gasteiger partial charge in [-0.15, -0.1) is 0 Å². The minimum atomic E-state index is -0.673. The van der Waals surface area contributed by atoms with Crippen LogP contribution in [0.2, 0.25) is 0 Å². The highest BCUT2D eigenvalue weighted by atomic mass is 32.2. The van der Waals surface area contributed by atoms with Crippen molar-refractivity contribution in [3.05, 3.63) is 24.3 Å². The predicted octanol–water partition coefficient (Wildman–Crippen LogP) is 3.12. The third-order valence-electron chi connectivity index (χ3n) is 3.54. The average molecular weight is 281 g/mol. The largest absolute Gasteiger partial charge is 0.493 e. The Bertz CT molecular complexity index is 416. The molecule has 3 nitrogen and oxygen atoms in total. The number of hydrogen-bond acceptors (Lipinski definition) is 3. The van der Waals surface area contributed by atoms with Crippen molar-refractivity contribution in [2.24, 2.45) is 0 Å². The first kappa shape index (κ1) is 14.4. The van der Waals surface area contributed by atoms with Crippen LogP contribution in [0.4, 0.5) is 5.69 Å². The molecule has 0 bridgehead atoms. The molecule has 1 aromatic rings. The van der Waals surface area contributed by atoms with Crippen molar-refractivity contribution in [3.8, 4) is 5.75 Å². The van der Waals surface area contributed by atoms with Gasteiger partial charge in [-0.3, -0.25) is 4.21 Å². The third-order valence-corrected chi connectivity index (χ3v) is 5.45. The van der Waals surface area contributed by atoms with Gasteiger partial charge in [-0.05, 0) is 31.4 Å². The Labute approximate surface area is 118 Å². The maximum Gasteiger partial charge on any atom is 0.121 e. The maximum absolute atomic E-state index is 12.1. The lowest BCUT2D eigenvalue weighted by Crippen LogP contribution is -2.21. The van der Waals surface area contributed by atoms with E-state index < -0.39 is 10.8 Å². The molecule has 0 spiro atoms. The Morgan fingerprint density at radius 1 is 1.26 bits per heavy atom. The van der Waals surface area contributed by atoms with E-state index in [1.165, 1.54) is 19.3 Å². The van der Waals surface area contributed by atoms with Crippen LogP contribution in [0.3, 0.4) is 0 Å². The van der Waals surface area contributed by atoms with Gasteiger partial charge in [0.15, 0.2) is 0 Å². The van der Waals surface area contributed by atoms with Gasteiger partial charge in [0.05, 0.1) is 6.61 Å². The quantitative estimate of drug-likeness (QED) is 0.644. The summed E-state index contributed by atoms with van der Waals surface area (Å²) in [7, 11) is -0.673. The summed E-state index contributed by atoms with van der Waals surface area (Å²) in [6.07, 6.45) is 6.93. The van der Waals surface area contributed by atoms with E-state index in [4.69, 9.17) is 10.5 Å². The smallest absolute Gasteiger partial charge is 0.121 e. The minimum absolute atomic E-state index is 0.432. The second-order valence-corrected chi connectivity index (χ2v) is 6.96. The molecule has 0 aliphatic heterocycles. The second-order valence-electron chi connectivity index (χ2n) is 5.12. The Morgan fingerprint density at radius 3 is 2.79 bits per heavy atom.